The zero-order valence-corrected chi connectivity index (χ0v) is 8.89. The summed E-state index contributed by atoms with van der Waals surface area (Å²) in [5.41, 5.74) is 5.98. The van der Waals surface area contributed by atoms with Gasteiger partial charge in [0.25, 0.3) is 0 Å². The number of carbonyl (C=O) groups is 1. The molecule has 15 heavy (non-hydrogen) atoms. The number of rotatable bonds is 5. The van der Waals surface area contributed by atoms with Crippen LogP contribution in [0.1, 0.15) is 12.8 Å². The first kappa shape index (κ1) is 11.8. The highest BCUT2D eigenvalue weighted by Crippen LogP contribution is 2.26. The summed E-state index contributed by atoms with van der Waals surface area (Å²) >= 11 is 1.44. The third-order valence-electron chi connectivity index (χ3n) is 1.76. The van der Waals surface area contributed by atoms with Gasteiger partial charge in [0.1, 0.15) is 5.82 Å². The fraction of sp³-hybridized carbons (Fsp3) is 0.300. The molecule has 1 aromatic rings. The molecule has 3 nitrogen and oxygen atoms in total. The normalized spacial score (nSPS) is 10.2. The number of nitrogens with two attached hydrogens (primary N) is 1. The lowest BCUT2D eigenvalue weighted by atomic mass is 10.3. The molecule has 0 fully saturated rings. The SMILES string of the molecule is Nc1cc(F)ccc1SCCCC(=O)O. The van der Waals surface area contributed by atoms with Crippen molar-refractivity contribution in [2.75, 3.05) is 11.5 Å². The van der Waals surface area contributed by atoms with Gasteiger partial charge in [-0.3, -0.25) is 4.79 Å². The Morgan fingerprint density at radius 1 is 1.53 bits per heavy atom. The van der Waals surface area contributed by atoms with Crippen molar-refractivity contribution in [3.63, 3.8) is 0 Å². The maximum absolute atomic E-state index is 12.7. The van der Waals surface area contributed by atoms with E-state index in [0.29, 0.717) is 17.9 Å². The van der Waals surface area contributed by atoms with Crippen molar-refractivity contribution in [2.45, 2.75) is 17.7 Å². The van der Waals surface area contributed by atoms with Gasteiger partial charge in [0.15, 0.2) is 0 Å². The van der Waals surface area contributed by atoms with E-state index in [-0.39, 0.29) is 12.2 Å². The maximum Gasteiger partial charge on any atom is 0.303 e. The summed E-state index contributed by atoms with van der Waals surface area (Å²) in [6.07, 6.45) is 0.727. The first-order chi connectivity index (χ1) is 7.09. The van der Waals surface area contributed by atoms with E-state index in [4.69, 9.17) is 10.8 Å². The molecule has 1 rings (SSSR count). The van der Waals surface area contributed by atoms with E-state index in [1.165, 1.54) is 23.9 Å². The Morgan fingerprint density at radius 2 is 2.27 bits per heavy atom. The summed E-state index contributed by atoms with van der Waals surface area (Å²) in [7, 11) is 0. The monoisotopic (exact) mass is 229 g/mol. The average molecular weight is 229 g/mol. The van der Waals surface area contributed by atoms with Crippen LogP contribution in [-0.4, -0.2) is 16.8 Å². The minimum atomic E-state index is -0.803. The molecule has 0 unspecified atom stereocenters. The van der Waals surface area contributed by atoms with Gasteiger partial charge in [-0.05, 0) is 30.4 Å². The standard InChI is InChI=1S/C10H12FNO2S/c11-7-3-4-9(8(12)6-7)15-5-1-2-10(13)14/h3-4,6H,1-2,5,12H2,(H,13,14). The zero-order valence-electron chi connectivity index (χ0n) is 8.07. The molecule has 0 radical (unpaired) electrons. The summed E-state index contributed by atoms with van der Waals surface area (Å²) in [5.74, 6) is -0.493. The highest BCUT2D eigenvalue weighted by molar-refractivity contribution is 7.99. The van der Waals surface area contributed by atoms with Crippen LogP contribution < -0.4 is 5.73 Å². The van der Waals surface area contributed by atoms with E-state index in [1.807, 2.05) is 0 Å². The van der Waals surface area contributed by atoms with Crippen molar-refractivity contribution in [2.24, 2.45) is 0 Å². The summed E-state index contributed by atoms with van der Waals surface area (Å²) in [6.45, 7) is 0. The van der Waals surface area contributed by atoms with Gasteiger partial charge in [0.2, 0.25) is 0 Å². The predicted octanol–water partition coefficient (Wildman–Crippen LogP) is 2.36. The highest BCUT2D eigenvalue weighted by atomic mass is 32.2. The van der Waals surface area contributed by atoms with Crippen LogP contribution in [0, 0.1) is 5.82 Å². The summed E-state index contributed by atoms with van der Waals surface area (Å²) < 4.78 is 12.7. The summed E-state index contributed by atoms with van der Waals surface area (Å²) in [6, 6.07) is 4.21. The van der Waals surface area contributed by atoms with Crippen LogP contribution >= 0.6 is 11.8 Å². The van der Waals surface area contributed by atoms with E-state index >= 15 is 0 Å². The molecule has 0 spiro atoms. The molecule has 0 aromatic heterocycles. The van der Waals surface area contributed by atoms with Crippen LogP contribution in [-0.2, 0) is 4.79 Å². The number of thioether (sulfide) groups is 1. The van der Waals surface area contributed by atoms with Crippen LogP contribution in [0.5, 0.6) is 0 Å². The van der Waals surface area contributed by atoms with Gasteiger partial charge >= 0.3 is 5.97 Å². The van der Waals surface area contributed by atoms with Crippen LogP contribution in [0.25, 0.3) is 0 Å². The largest absolute Gasteiger partial charge is 0.481 e. The number of anilines is 1. The van der Waals surface area contributed by atoms with Crippen molar-refractivity contribution in [1.82, 2.24) is 0 Å². The number of aliphatic carboxylic acids is 1. The van der Waals surface area contributed by atoms with Gasteiger partial charge in [-0.15, -0.1) is 11.8 Å². The van der Waals surface area contributed by atoms with E-state index in [9.17, 15) is 9.18 Å². The quantitative estimate of drug-likeness (QED) is 0.462. The fourth-order valence-electron chi connectivity index (χ4n) is 1.06. The molecule has 0 aliphatic heterocycles. The third kappa shape index (κ3) is 4.20. The molecular formula is C10H12FNO2S. The Labute approximate surface area is 91.5 Å². The van der Waals surface area contributed by atoms with E-state index in [1.54, 1.807) is 6.07 Å². The summed E-state index contributed by atoms with van der Waals surface area (Å²) in [5, 5.41) is 8.42. The molecule has 3 N–H and O–H groups in total. The second-order valence-corrected chi connectivity index (χ2v) is 4.16. The second kappa shape index (κ2) is 5.60. The minimum absolute atomic E-state index is 0.147. The van der Waals surface area contributed by atoms with Gasteiger partial charge in [0, 0.05) is 17.0 Å². The Hall–Kier alpha value is -1.23. The molecule has 0 saturated heterocycles. The van der Waals surface area contributed by atoms with Gasteiger partial charge in [-0.2, -0.15) is 0 Å². The molecule has 0 amide bonds. The van der Waals surface area contributed by atoms with E-state index < -0.39 is 5.97 Å². The molecule has 1 aromatic carbocycles. The van der Waals surface area contributed by atoms with Gasteiger partial charge < -0.3 is 10.8 Å². The number of carboxylic acids is 1. The second-order valence-electron chi connectivity index (χ2n) is 3.03. The Kier molecular flexibility index (Phi) is 4.42. The first-order valence-corrected chi connectivity index (χ1v) is 5.48. The van der Waals surface area contributed by atoms with Crippen LogP contribution in [0.3, 0.4) is 0 Å². The number of benzene rings is 1. The first-order valence-electron chi connectivity index (χ1n) is 4.49. The van der Waals surface area contributed by atoms with Crippen LogP contribution in [0.2, 0.25) is 0 Å². The van der Waals surface area contributed by atoms with Crippen molar-refractivity contribution < 1.29 is 14.3 Å². The molecule has 82 valence electrons. The van der Waals surface area contributed by atoms with E-state index in [0.717, 1.165) is 4.90 Å². The number of hydrogen-bond donors (Lipinski definition) is 2. The van der Waals surface area contributed by atoms with Gasteiger partial charge in [-0.25, -0.2) is 4.39 Å². The third-order valence-corrected chi connectivity index (χ3v) is 2.94. The smallest absolute Gasteiger partial charge is 0.303 e. The molecule has 0 aliphatic carbocycles. The fourth-order valence-corrected chi connectivity index (χ4v) is 1.95. The van der Waals surface area contributed by atoms with Crippen molar-refractivity contribution in [1.29, 1.82) is 0 Å². The summed E-state index contributed by atoms with van der Waals surface area (Å²) in [4.78, 5) is 11.0. The van der Waals surface area contributed by atoms with Crippen molar-refractivity contribution >= 4 is 23.4 Å². The topological polar surface area (TPSA) is 63.3 Å². The molecule has 0 bridgehead atoms. The molecule has 5 heteroatoms. The van der Waals surface area contributed by atoms with Gasteiger partial charge in [0.05, 0.1) is 0 Å². The molecule has 0 atom stereocenters. The maximum atomic E-state index is 12.7. The van der Waals surface area contributed by atoms with Crippen LogP contribution in [0.4, 0.5) is 10.1 Å². The number of hydrogen-bond acceptors (Lipinski definition) is 3. The number of halogens is 1. The van der Waals surface area contributed by atoms with Crippen LogP contribution in [0.15, 0.2) is 23.1 Å². The van der Waals surface area contributed by atoms with Crippen molar-refractivity contribution in [3.8, 4) is 0 Å². The molecular weight excluding hydrogens is 217 g/mol. The average Bonchev–Trinajstić information content (AvgIpc) is 2.14. The number of nitrogen functional groups attached to an aromatic ring is 1. The Balaban J connectivity index is 2.40. The molecule has 0 aliphatic rings. The lowest BCUT2D eigenvalue weighted by Gasteiger charge is -2.04. The Bertz CT molecular complexity index is 357. The van der Waals surface area contributed by atoms with Gasteiger partial charge in [-0.1, -0.05) is 0 Å². The number of carboxylic acid groups (broad SMARTS) is 1. The lowest BCUT2D eigenvalue weighted by Crippen LogP contribution is -1.95. The minimum Gasteiger partial charge on any atom is -0.481 e. The van der Waals surface area contributed by atoms with Crippen molar-refractivity contribution in [3.05, 3.63) is 24.0 Å². The predicted molar refractivity (Wildman–Crippen MR) is 58.4 cm³/mol. The highest BCUT2D eigenvalue weighted by Gasteiger charge is 2.02. The zero-order chi connectivity index (χ0) is 11.3. The lowest BCUT2D eigenvalue weighted by molar-refractivity contribution is -0.137. The molecule has 0 heterocycles. The molecule has 0 saturated carbocycles. The van der Waals surface area contributed by atoms with E-state index in [2.05, 4.69) is 0 Å². The Morgan fingerprint density at radius 3 is 2.87 bits per heavy atom.